The van der Waals surface area contributed by atoms with E-state index in [9.17, 15) is 0 Å². The van der Waals surface area contributed by atoms with E-state index in [1.807, 2.05) is 0 Å². The van der Waals surface area contributed by atoms with Gasteiger partial charge in [0, 0.05) is 0 Å². The molecule has 1 rings (SSSR count). The van der Waals surface area contributed by atoms with Crippen LogP contribution in [0.1, 0.15) is 142 Å². The third-order valence-corrected chi connectivity index (χ3v) is 25.7. The maximum Gasteiger partial charge on any atom is 0.192 e. The molecular weight excluding hydrogens is 625 g/mol. The van der Waals surface area contributed by atoms with E-state index in [-0.39, 0.29) is 38.3 Å². The van der Waals surface area contributed by atoms with Crippen LogP contribution in [-0.4, -0.2) is 42.8 Å². The van der Waals surface area contributed by atoms with Gasteiger partial charge in [0.25, 0.3) is 0 Å². The molecule has 276 valence electrons. The fourth-order valence-electron chi connectivity index (χ4n) is 5.96. The fourth-order valence-corrected chi connectivity index (χ4v) is 10.3. The molecule has 1 aliphatic carbocycles. The van der Waals surface area contributed by atoms with Crippen LogP contribution in [0.15, 0.2) is 36.0 Å². The minimum atomic E-state index is -1.96. The van der Waals surface area contributed by atoms with E-state index in [0.29, 0.717) is 5.92 Å². The summed E-state index contributed by atoms with van der Waals surface area (Å²) in [5.74, 6) is 0.700. The fraction of sp³-hybridized carbons (Fsp3) is 0.854. The van der Waals surface area contributed by atoms with Crippen LogP contribution in [0, 0.1) is 11.3 Å². The van der Waals surface area contributed by atoms with Crippen molar-refractivity contribution in [3.63, 3.8) is 0 Å². The second-order valence-electron chi connectivity index (χ2n) is 21.2. The lowest BCUT2D eigenvalue weighted by Crippen LogP contribution is -2.49. The summed E-state index contributed by atoms with van der Waals surface area (Å²) in [5, 5.41) is 0.556. The predicted molar refractivity (Wildman–Crippen MR) is 218 cm³/mol. The molecule has 1 fully saturated rings. The molecule has 0 bridgehead atoms. The normalized spacial score (nSPS) is 20.7. The van der Waals surface area contributed by atoms with Gasteiger partial charge in [0.2, 0.25) is 0 Å². The molecule has 0 heterocycles. The third kappa shape index (κ3) is 14.1. The molecule has 6 heteroatoms. The van der Waals surface area contributed by atoms with Gasteiger partial charge in [-0.05, 0) is 117 Å². The van der Waals surface area contributed by atoms with Crippen molar-refractivity contribution in [2.45, 2.75) is 214 Å². The zero-order chi connectivity index (χ0) is 37.1. The lowest BCUT2D eigenvalue weighted by molar-refractivity contribution is 0.0775. The van der Waals surface area contributed by atoms with E-state index < -0.39 is 25.0 Å². The Kier molecular flexibility index (Phi) is 15.2. The molecule has 0 amide bonds. The predicted octanol–water partition coefficient (Wildman–Crippen LogP) is 14.0. The second-order valence-corrected chi connectivity index (χ2v) is 35.4. The van der Waals surface area contributed by atoms with Gasteiger partial charge in [-0.2, -0.15) is 0 Å². The van der Waals surface area contributed by atoms with Gasteiger partial charge in [0.05, 0.1) is 17.8 Å². The summed E-state index contributed by atoms with van der Waals surface area (Å²) in [4.78, 5) is 0. The van der Waals surface area contributed by atoms with Gasteiger partial charge >= 0.3 is 0 Å². The van der Waals surface area contributed by atoms with Crippen LogP contribution in [0.25, 0.3) is 0 Å². The van der Waals surface area contributed by atoms with Crippen molar-refractivity contribution in [3.05, 3.63) is 36.0 Å². The first kappa shape index (κ1) is 44.8. The Morgan fingerprint density at radius 3 is 1.55 bits per heavy atom. The topological polar surface area (TPSA) is 27.7 Å². The zero-order valence-electron chi connectivity index (χ0n) is 35.3. The SMILES string of the molecule is C=C1[C@H](O[Si](C)(C)C(C)(C)C)CC(=C/C=C/CC(C)(C)C[C@@H](C)CCCC(C)(C)O[Si](C)(C)C(C)(C)C)C[C@H]1O[Si](C)(C)C(C)(C)C. The van der Waals surface area contributed by atoms with Crippen LogP contribution >= 0.6 is 0 Å². The van der Waals surface area contributed by atoms with Gasteiger partial charge in [-0.15, -0.1) is 0 Å². The summed E-state index contributed by atoms with van der Waals surface area (Å²) in [7, 11) is -5.69. The van der Waals surface area contributed by atoms with Crippen LogP contribution < -0.4 is 0 Å². The highest BCUT2D eigenvalue weighted by Gasteiger charge is 2.45. The molecule has 47 heavy (non-hydrogen) atoms. The number of rotatable bonds is 15. The minimum Gasteiger partial charge on any atom is -0.412 e. The van der Waals surface area contributed by atoms with Gasteiger partial charge in [-0.3, -0.25) is 0 Å². The van der Waals surface area contributed by atoms with Gasteiger partial charge in [-0.25, -0.2) is 0 Å². The molecule has 0 N–H and O–H groups in total. The third-order valence-electron chi connectivity index (χ3n) is 12.1. The van der Waals surface area contributed by atoms with Crippen molar-refractivity contribution in [2.75, 3.05) is 0 Å². The molecule has 1 aliphatic rings. The first-order chi connectivity index (χ1) is 20.7. The Labute approximate surface area is 298 Å². The first-order valence-corrected chi connectivity index (χ1v) is 27.5. The molecule has 0 spiro atoms. The van der Waals surface area contributed by atoms with Crippen molar-refractivity contribution in [3.8, 4) is 0 Å². The maximum absolute atomic E-state index is 7.02. The molecule has 0 unspecified atom stereocenters. The molecule has 0 aromatic carbocycles. The van der Waals surface area contributed by atoms with Crippen LogP contribution in [0.5, 0.6) is 0 Å². The summed E-state index contributed by atoms with van der Waals surface area (Å²) in [6.45, 7) is 51.6. The average molecular weight is 707 g/mol. The number of hydrogen-bond donors (Lipinski definition) is 0. The summed E-state index contributed by atoms with van der Waals surface area (Å²) >= 11 is 0. The maximum atomic E-state index is 7.02. The largest absolute Gasteiger partial charge is 0.412 e. The van der Waals surface area contributed by atoms with Crippen molar-refractivity contribution in [2.24, 2.45) is 11.3 Å². The first-order valence-electron chi connectivity index (χ1n) is 18.8. The standard InChI is InChI=1S/C41H82O3Si3/c1-32(25-24-28-41(14,15)44-47(20,21)39(9,10)11)31-40(12,13)27-23-22-26-34-29-35(42-45(16,17)37(3,4)5)33(2)36(30-34)43-46(18,19)38(6,7)8/h22-23,26,32,35-36H,2,24-25,27-31H2,1,3-21H3/b23-22+/t32-,35+,36+/m0/s1. The Morgan fingerprint density at radius 1 is 0.723 bits per heavy atom. The molecule has 0 aromatic rings. The molecule has 3 atom stereocenters. The van der Waals surface area contributed by atoms with Crippen molar-refractivity contribution in [1.29, 1.82) is 0 Å². The smallest absolute Gasteiger partial charge is 0.192 e. The molecule has 1 saturated carbocycles. The monoisotopic (exact) mass is 707 g/mol. The summed E-state index contributed by atoms with van der Waals surface area (Å²) < 4.78 is 20.8. The lowest BCUT2D eigenvalue weighted by Gasteiger charge is -2.46. The molecular formula is C41H82O3Si3. The lowest BCUT2D eigenvalue weighted by atomic mass is 9.79. The summed E-state index contributed by atoms with van der Waals surface area (Å²) in [5.41, 5.74) is 2.79. The summed E-state index contributed by atoms with van der Waals surface area (Å²) in [6.07, 6.45) is 14.9. The van der Waals surface area contributed by atoms with E-state index >= 15 is 0 Å². The van der Waals surface area contributed by atoms with Crippen LogP contribution in [-0.2, 0) is 13.3 Å². The van der Waals surface area contributed by atoms with Crippen molar-refractivity contribution < 1.29 is 13.3 Å². The molecule has 3 nitrogen and oxygen atoms in total. The van der Waals surface area contributed by atoms with Crippen LogP contribution in [0.4, 0.5) is 0 Å². The van der Waals surface area contributed by atoms with E-state index in [1.165, 1.54) is 24.8 Å². The Bertz CT molecular complexity index is 1030. The van der Waals surface area contributed by atoms with Gasteiger partial charge < -0.3 is 13.3 Å². The van der Waals surface area contributed by atoms with E-state index in [4.69, 9.17) is 13.3 Å². The Morgan fingerprint density at radius 2 is 1.15 bits per heavy atom. The summed E-state index contributed by atoms with van der Waals surface area (Å²) in [6, 6.07) is 0. The Balaban J connectivity index is 2.93. The van der Waals surface area contributed by atoms with Crippen LogP contribution in [0.2, 0.25) is 54.4 Å². The van der Waals surface area contributed by atoms with E-state index in [0.717, 1.165) is 31.3 Å². The molecule has 0 saturated heterocycles. The highest BCUT2D eigenvalue weighted by molar-refractivity contribution is 6.75. The number of hydrogen-bond acceptors (Lipinski definition) is 3. The van der Waals surface area contributed by atoms with Crippen LogP contribution in [0.3, 0.4) is 0 Å². The van der Waals surface area contributed by atoms with Crippen molar-refractivity contribution in [1.82, 2.24) is 0 Å². The Hall–Kier alpha value is -0.249. The zero-order valence-corrected chi connectivity index (χ0v) is 38.3. The number of allylic oxidation sites excluding steroid dienone is 3. The molecule has 0 aliphatic heterocycles. The highest BCUT2D eigenvalue weighted by Crippen LogP contribution is 2.45. The van der Waals surface area contributed by atoms with Gasteiger partial charge in [0.1, 0.15) is 0 Å². The minimum absolute atomic E-state index is 0.0219. The van der Waals surface area contributed by atoms with E-state index in [2.05, 4.69) is 161 Å². The average Bonchev–Trinajstić information content (AvgIpc) is 2.81. The molecule has 0 aromatic heterocycles. The van der Waals surface area contributed by atoms with Crippen molar-refractivity contribution >= 4 is 25.0 Å². The molecule has 0 radical (unpaired) electrons. The van der Waals surface area contributed by atoms with Gasteiger partial charge in [-0.1, -0.05) is 126 Å². The van der Waals surface area contributed by atoms with Gasteiger partial charge in [0.15, 0.2) is 25.0 Å². The second kappa shape index (κ2) is 16.0. The van der Waals surface area contributed by atoms with E-state index in [1.54, 1.807) is 0 Å². The highest BCUT2D eigenvalue weighted by atomic mass is 28.4. The quantitative estimate of drug-likeness (QED) is 0.125.